The van der Waals surface area contributed by atoms with Crippen LogP contribution in [0.4, 0.5) is 8.78 Å². The van der Waals surface area contributed by atoms with Gasteiger partial charge in [0.05, 0.1) is 7.11 Å². The Morgan fingerprint density at radius 3 is 2.40 bits per heavy atom. The van der Waals surface area contributed by atoms with Crippen LogP contribution in [0.1, 0.15) is 0 Å². The quantitative estimate of drug-likeness (QED) is 0.472. The van der Waals surface area contributed by atoms with Gasteiger partial charge in [0.2, 0.25) is 5.56 Å². The summed E-state index contributed by atoms with van der Waals surface area (Å²) >= 11 is 4.95. The third-order valence-electron chi connectivity index (χ3n) is 0.609. The van der Waals surface area contributed by atoms with E-state index in [0.29, 0.717) is 0 Å². The predicted octanol–water partition coefficient (Wildman–Crippen LogP) is 0.963. The van der Waals surface area contributed by atoms with Crippen LogP contribution >= 0.6 is 11.6 Å². The Kier molecular flexibility index (Phi) is 4.22. The van der Waals surface area contributed by atoms with Gasteiger partial charge in [-0.1, -0.05) is 11.6 Å². The number of esters is 1. The Labute approximate surface area is 60.9 Å². The Morgan fingerprint density at radius 1 is 1.60 bits per heavy atom. The number of hydrogen-bond donors (Lipinski definition) is 0. The molecule has 0 aromatic heterocycles. The van der Waals surface area contributed by atoms with Crippen LogP contribution in [0.15, 0.2) is 0 Å². The van der Waals surface area contributed by atoms with Crippen molar-refractivity contribution in [3.63, 3.8) is 0 Å². The molecule has 0 bridgehead atoms. The molecule has 0 aliphatic carbocycles. The molecule has 0 heterocycles. The zero-order valence-corrected chi connectivity index (χ0v) is 5.77. The molecule has 1 unspecified atom stereocenters. The summed E-state index contributed by atoms with van der Waals surface area (Å²) in [5.41, 5.74) is -1.73. The number of hydrogen-bond acceptors (Lipinski definition) is 3. The molecule has 0 aromatic rings. The van der Waals surface area contributed by atoms with Crippen molar-refractivity contribution in [3.8, 4) is 0 Å². The van der Waals surface area contributed by atoms with Crippen molar-refractivity contribution in [1.82, 2.24) is 0 Å². The van der Waals surface area contributed by atoms with Crippen LogP contribution in [0.3, 0.4) is 0 Å². The first-order chi connectivity index (χ1) is 4.57. The standard InChI is InChI=1S/C4H5ClF2O3/c1-9-3(8)2(5)10-4(6)7/h2,4H,1H3. The highest BCUT2D eigenvalue weighted by molar-refractivity contribution is 6.28. The molecule has 6 heteroatoms. The first kappa shape index (κ1) is 9.58. The van der Waals surface area contributed by atoms with E-state index in [1.54, 1.807) is 0 Å². The summed E-state index contributed by atoms with van der Waals surface area (Å²) in [5, 5.41) is 0. The van der Waals surface area contributed by atoms with Gasteiger partial charge in [-0.05, 0) is 0 Å². The van der Waals surface area contributed by atoms with Crippen molar-refractivity contribution in [1.29, 1.82) is 0 Å². The van der Waals surface area contributed by atoms with Crippen molar-refractivity contribution < 1.29 is 23.0 Å². The highest BCUT2D eigenvalue weighted by Gasteiger charge is 2.20. The minimum Gasteiger partial charge on any atom is -0.466 e. The summed E-state index contributed by atoms with van der Waals surface area (Å²) in [5.74, 6) is -1.04. The van der Waals surface area contributed by atoms with Gasteiger partial charge in [-0.15, -0.1) is 0 Å². The van der Waals surface area contributed by atoms with Gasteiger partial charge < -0.3 is 4.74 Å². The Balaban J connectivity index is 3.61. The molecule has 0 rings (SSSR count). The fourth-order valence-electron chi connectivity index (χ4n) is 0.239. The number of ether oxygens (including phenoxy) is 2. The maximum atomic E-state index is 11.3. The summed E-state index contributed by atoms with van der Waals surface area (Å²) in [7, 11) is 1.02. The van der Waals surface area contributed by atoms with E-state index in [-0.39, 0.29) is 0 Å². The lowest BCUT2D eigenvalue weighted by Crippen LogP contribution is -2.21. The topological polar surface area (TPSA) is 35.5 Å². The molecule has 0 aromatic carbocycles. The molecule has 0 radical (unpaired) electrons. The van der Waals surface area contributed by atoms with E-state index in [4.69, 9.17) is 11.6 Å². The van der Waals surface area contributed by atoms with Gasteiger partial charge in [-0.2, -0.15) is 8.78 Å². The third-order valence-corrected chi connectivity index (χ3v) is 0.890. The molecule has 0 fully saturated rings. The number of carbonyl (C=O) groups excluding carboxylic acids is 1. The first-order valence-corrected chi connectivity index (χ1v) is 2.67. The number of alkyl halides is 3. The second-order valence-electron chi connectivity index (χ2n) is 1.24. The zero-order valence-electron chi connectivity index (χ0n) is 5.01. The van der Waals surface area contributed by atoms with Gasteiger partial charge in [-0.3, -0.25) is 4.74 Å². The predicted molar refractivity (Wildman–Crippen MR) is 28.7 cm³/mol. The fourth-order valence-corrected chi connectivity index (χ4v) is 0.405. The summed E-state index contributed by atoms with van der Waals surface area (Å²) < 4.78 is 30.1. The molecule has 3 nitrogen and oxygen atoms in total. The van der Waals surface area contributed by atoms with Gasteiger partial charge in [-0.25, -0.2) is 4.79 Å². The largest absolute Gasteiger partial charge is 0.466 e. The average molecular weight is 175 g/mol. The van der Waals surface area contributed by atoms with E-state index in [1.165, 1.54) is 0 Å². The summed E-state index contributed by atoms with van der Waals surface area (Å²) in [6.07, 6.45) is 0. The number of halogens is 3. The van der Waals surface area contributed by atoms with Gasteiger partial charge in [0.1, 0.15) is 0 Å². The molecule has 0 aliphatic heterocycles. The summed E-state index contributed by atoms with van der Waals surface area (Å²) in [4.78, 5) is 10.2. The highest BCUT2D eigenvalue weighted by atomic mass is 35.5. The van der Waals surface area contributed by atoms with Crippen LogP contribution in [0, 0.1) is 0 Å². The maximum Gasteiger partial charge on any atom is 0.350 e. The molecular weight excluding hydrogens is 169 g/mol. The van der Waals surface area contributed by atoms with E-state index < -0.39 is 18.1 Å². The molecular formula is C4H5ClF2O3. The van der Waals surface area contributed by atoms with E-state index in [1.807, 2.05) is 0 Å². The highest BCUT2D eigenvalue weighted by Crippen LogP contribution is 2.06. The van der Waals surface area contributed by atoms with Crippen LogP contribution in [0.5, 0.6) is 0 Å². The van der Waals surface area contributed by atoms with Crippen molar-refractivity contribution in [2.45, 2.75) is 12.2 Å². The lowest BCUT2D eigenvalue weighted by Gasteiger charge is -2.06. The van der Waals surface area contributed by atoms with Crippen LogP contribution in [-0.4, -0.2) is 25.3 Å². The Morgan fingerprint density at radius 2 is 2.10 bits per heavy atom. The van der Waals surface area contributed by atoms with Crippen molar-refractivity contribution in [2.75, 3.05) is 7.11 Å². The van der Waals surface area contributed by atoms with Gasteiger partial charge in [0, 0.05) is 0 Å². The van der Waals surface area contributed by atoms with E-state index in [0.717, 1.165) is 7.11 Å². The summed E-state index contributed by atoms with van der Waals surface area (Å²) in [6, 6.07) is 0. The lowest BCUT2D eigenvalue weighted by molar-refractivity contribution is -0.175. The molecule has 0 spiro atoms. The molecule has 60 valence electrons. The Bertz CT molecular complexity index is 119. The van der Waals surface area contributed by atoms with Crippen LogP contribution in [0.2, 0.25) is 0 Å². The van der Waals surface area contributed by atoms with Crippen LogP contribution in [-0.2, 0) is 14.3 Å². The van der Waals surface area contributed by atoms with Crippen LogP contribution < -0.4 is 0 Å². The van der Waals surface area contributed by atoms with E-state index in [2.05, 4.69) is 9.47 Å². The van der Waals surface area contributed by atoms with Gasteiger partial charge >= 0.3 is 12.6 Å². The monoisotopic (exact) mass is 174 g/mol. The number of carbonyl (C=O) groups is 1. The van der Waals surface area contributed by atoms with E-state index >= 15 is 0 Å². The number of rotatable bonds is 3. The number of methoxy groups -OCH3 is 1. The van der Waals surface area contributed by atoms with Crippen molar-refractivity contribution >= 4 is 17.6 Å². The van der Waals surface area contributed by atoms with Crippen molar-refractivity contribution in [2.24, 2.45) is 0 Å². The molecule has 1 atom stereocenters. The molecule has 10 heavy (non-hydrogen) atoms. The molecule has 0 saturated carbocycles. The van der Waals surface area contributed by atoms with Crippen LogP contribution in [0.25, 0.3) is 0 Å². The molecule has 0 saturated heterocycles. The zero-order chi connectivity index (χ0) is 8.15. The van der Waals surface area contributed by atoms with Crippen molar-refractivity contribution in [3.05, 3.63) is 0 Å². The van der Waals surface area contributed by atoms with Gasteiger partial charge in [0.25, 0.3) is 0 Å². The molecule has 0 amide bonds. The third kappa shape index (κ3) is 3.58. The smallest absolute Gasteiger partial charge is 0.350 e. The Hall–Kier alpha value is -0.420. The fraction of sp³-hybridized carbons (Fsp3) is 0.750. The average Bonchev–Trinajstić information content (AvgIpc) is 1.85. The molecule has 0 aliphatic rings. The molecule has 0 N–H and O–H groups in total. The SMILES string of the molecule is COC(=O)C(Cl)OC(F)F. The second kappa shape index (κ2) is 4.40. The minimum atomic E-state index is -3.07. The van der Waals surface area contributed by atoms with Gasteiger partial charge in [0.15, 0.2) is 0 Å². The minimum absolute atomic E-state index is 1.02. The van der Waals surface area contributed by atoms with E-state index in [9.17, 15) is 13.6 Å². The maximum absolute atomic E-state index is 11.3. The normalized spacial score (nSPS) is 13.3. The first-order valence-electron chi connectivity index (χ1n) is 2.23. The summed E-state index contributed by atoms with van der Waals surface area (Å²) in [6.45, 7) is -3.07. The second-order valence-corrected chi connectivity index (χ2v) is 1.63. The lowest BCUT2D eigenvalue weighted by atomic mass is 10.7.